The Labute approximate surface area is 129 Å². The van der Waals surface area contributed by atoms with Crippen LogP contribution in [0, 0.1) is 19.3 Å². The molecule has 0 radical (unpaired) electrons. The first-order valence-corrected chi connectivity index (χ1v) is 8.86. The molecule has 0 heterocycles. The maximum atomic E-state index is 3.70. The van der Waals surface area contributed by atoms with Gasteiger partial charge in [-0.05, 0) is 37.8 Å². The van der Waals surface area contributed by atoms with Crippen LogP contribution in [0.2, 0.25) is 0 Å². The van der Waals surface area contributed by atoms with E-state index in [1.165, 1.54) is 28.9 Å². The van der Waals surface area contributed by atoms with Crippen LogP contribution in [0.15, 0.2) is 18.2 Å². The predicted molar refractivity (Wildman–Crippen MR) is 93.6 cm³/mol. The molecule has 1 unspecified atom stereocenters. The van der Waals surface area contributed by atoms with Gasteiger partial charge in [0.1, 0.15) is 0 Å². The van der Waals surface area contributed by atoms with Gasteiger partial charge in [-0.3, -0.25) is 0 Å². The van der Waals surface area contributed by atoms with Crippen LogP contribution in [-0.4, -0.2) is 18.3 Å². The first-order chi connectivity index (χ1) is 9.32. The van der Waals surface area contributed by atoms with E-state index in [-0.39, 0.29) is 0 Å². The molecule has 20 heavy (non-hydrogen) atoms. The van der Waals surface area contributed by atoms with E-state index in [0.717, 1.165) is 12.3 Å². The molecule has 1 atom stereocenters. The second-order valence-electron chi connectivity index (χ2n) is 6.88. The molecule has 1 N–H and O–H groups in total. The van der Waals surface area contributed by atoms with Gasteiger partial charge < -0.3 is 5.32 Å². The van der Waals surface area contributed by atoms with Gasteiger partial charge in [0.05, 0.1) is 0 Å². The van der Waals surface area contributed by atoms with E-state index in [2.05, 4.69) is 65.1 Å². The van der Waals surface area contributed by atoms with Gasteiger partial charge in [-0.25, -0.2) is 0 Å². The summed E-state index contributed by atoms with van der Waals surface area (Å²) in [7, 11) is 0. The topological polar surface area (TPSA) is 12.0 Å². The highest BCUT2D eigenvalue weighted by molar-refractivity contribution is 7.98. The van der Waals surface area contributed by atoms with Crippen molar-refractivity contribution in [3.8, 4) is 0 Å². The summed E-state index contributed by atoms with van der Waals surface area (Å²) < 4.78 is 0. The summed E-state index contributed by atoms with van der Waals surface area (Å²) in [5, 5.41) is 3.70. The van der Waals surface area contributed by atoms with Crippen molar-refractivity contribution in [2.24, 2.45) is 5.41 Å². The van der Waals surface area contributed by atoms with Gasteiger partial charge in [-0.1, -0.05) is 57.0 Å². The average molecular weight is 294 g/mol. The highest BCUT2D eigenvalue weighted by Gasteiger charge is 2.23. The predicted octanol–water partition coefficient (Wildman–Crippen LogP) is 4.95. The first kappa shape index (κ1) is 17.6. The summed E-state index contributed by atoms with van der Waals surface area (Å²) in [6.45, 7) is 14.7. The molecule has 114 valence electrons. The minimum absolute atomic E-state index is 0.324. The number of hydrogen-bond donors (Lipinski definition) is 1. The summed E-state index contributed by atoms with van der Waals surface area (Å²) in [6.07, 6.45) is 1.20. The van der Waals surface area contributed by atoms with Crippen LogP contribution in [0.25, 0.3) is 0 Å². The summed E-state index contributed by atoms with van der Waals surface area (Å²) in [5.74, 6) is 2.29. The normalized spacial score (nSPS) is 13.5. The molecule has 1 aromatic carbocycles. The number of aryl methyl sites for hydroxylation is 2. The summed E-state index contributed by atoms with van der Waals surface area (Å²) in [6, 6.07) is 7.45. The van der Waals surface area contributed by atoms with Crippen LogP contribution in [0.4, 0.5) is 0 Å². The Balaban J connectivity index is 2.51. The lowest BCUT2D eigenvalue weighted by Gasteiger charge is -2.31. The van der Waals surface area contributed by atoms with Crippen LogP contribution in [-0.2, 0) is 5.75 Å². The van der Waals surface area contributed by atoms with Gasteiger partial charge in [0.2, 0.25) is 0 Å². The van der Waals surface area contributed by atoms with E-state index in [4.69, 9.17) is 0 Å². The zero-order valence-electron chi connectivity index (χ0n) is 14.0. The molecule has 0 saturated heterocycles. The Morgan fingerprint density at radius 1 is 1.10 bits per heavy atom. The number of nitrogens with one attached hydrogen (secondary N) is 1. The van der Waals surface area contributed by atoms with Gasteiger partial charge >= 0.3 is 0 Å². The third-order valence-electron chi connectivity index (χ3n) is 3.52. The van der Waals surface area contributed by atoms with Crippen LogP contribution in [0.1, 0.15) is 50.8 Å². The lowest BCUT2D eigenvalue weighted by Crippen LogP contribution is -2.42. The molecule has 1 aromatic rings. The largest absolute Gasteiger partial charge is 0.313 e. The number of benzene rings is 1. The molecule has 0 fully saturated rings. The van der Waals surface area contributed by atoms with E-state index in [0.29, 0.717) is 11.5 Å². The smallest absolute Gasteiger partial charge is 0.0206 e. The minimum Gasteiger partial charge on any atom is -0.313 e. The fraction of sp³-hybridized carbons (Fsp3) is 0.667. The molecule has 1 nitrogen and oxygen atoms in total. The molecular weight excluding hydrogens is 262 g/mol. The van der Waals surface area contributed by atoms with Crippen molar-refractivity contribution in [3.05, 3.63) is 34.9 Å². The van der Waals surface area contributed by atoms with E-state index in [1.54, 1.807) is 0 Å². The first-order valence-electron chi connectivity index (χ1n) is 7.71. The van der Waals surface area contributed by atoms with Crippen LogP contribution < -0.4 is 5.32 Å². The van der Waals surface area contributed by atoms with Gasteiger partial charge in [-0.2, -0.15) is 11.8 Å². The summed E-state index contributed by atoms with van der Waals surface area (Å²) in [5.41, 5.74) is 4.52. The number of thioether (sulfide) groups is 1. The van der Waals surface area contributed by atoms with E-state index >= 15 is 0 Å². The molecule has 0 aliphatic carbocycles. The minimum atomic E-state index is 0.324. The van der Waals surface area contributed by atoms with Crippen molar-refractivity contribution >= 4 is 11.8 Å². The van der Waals surface area contributed by atoms with Gasteiger partial charge in [0.25, 0.3) is 0 Å². The molecule has 1 rings (SSSR count). The molecule has 0 spiro atoms. The molecular formula is C18H31NS. The van der Waals surface area contributed by atoms with Gasteiger partial charge in [0, 0.05) is 17.5 Å². The van der Waals surface area contributed by atoms with Crippen LogP contribution in [0.3, 0.4) is 0 Å². The monoisotopic (exact) mass is 293 g/mol. The zero-order chi connectivity index (χ0) is 15.2. The second-order valence-corrected chi connectivity index (χ2v) is 7.91. The highest BCUT2D eigenvalue weighted by atomic mass is 32.2. The zero-order valence-corrected chi connectivity index (χ0v) is 14.9. The maximum Gasteiger partial charge on any atom is 0.0206 e. The quantitative estimate of drug-likeness (QED) is 0.763. The van der Waals surface area contributed by atoms with Crippen molar-refractivity contribution in [2.75, 3.05) is 12.3 Å². The molecule has 0 aliphatic rings. The Bertz CT molecular complexity index is 386. The van der Waals surface area contributed by atoms with Gasteiger partial charge in [-0.15, -0.1) is 0 Å². The van der Waals surface area contributed by atoms with Crippen LogP contribution in [0.5, 0.6) is 0 Å². The highest BCUT2D eigenvalue weighted by Crippen LogP contribution is 2.24. The third-order valence-corrected chi connectivity index (χ3v) is 4.63. The maximum absolute atomic E-state index is 3.70. The second kappa shape index (κ2) is 8.09. The third kappa shape index (κ3) is 6.32. The van der Waals surface area contributed by atoms with E-state index in [1.807, 2.05) is 11.8 Å². The Morgan fingerprint density at radius 3 is 2.20 bits per heavy atom. The number of rotatable bonds is 7. The Kier molecular flexibility index (Phi) is 7.11. The van der Waals surface area contributed by atoms with Crippen LogP contribution >= 0.6 is 11.8 Å². The molecule has 0 aromatic heterocycles. The number of hydrogen-bond acceptors (Lipinski definition) is 2. The Morgan fingerprint density at radius 2 is 1.70 bits per heavy atom. The van der Waals surface area contributed by atoms with Crippen molar-refractivity contribution in [3.63, 3.8) is 0 Å². The van der Waals surface area contributed by atoms with Crippen molar-refractivity contribution < 1.29 is 0 Å². The molecule has 2 heteroatoms. The summed E-state index contributed by atoms with van der Waals surface area (Å²) >= 11 is 2.05. The SMILES string of the molecule is CCCNC(CSCc1cc(C)cc(C)c1)C(C)(C)C. The lowest BCUT2D eigenvalue weighted by molar-refractivity contribution is 0.292. The fourth-order valence-corrected chi connectivity index (χ4v) is 3.75. The standard InChI is InChI=1S/C18H31NS/c1-7-8-19-17(18(4,5)6)13-20-12-16-10-14(2)9-15(3)11-16/h9-11,17,19H,7-8,12-13H2,1-6H3. The van der Waals surface area contributed by atoms with Crippen molar-refractivity contribution in [2.45, 2.75) is 59.8 Å². The van der Waals surface area contributed by atoms with E-state index in [9.17, 15) is 0 Å². The molecule has 0 bridgehead atoms. The Hall–Kier alpha value is -0.470. The lowest BCUT2D eigenvalue weighted by atomic mass is 9.88. The molecule has 0 amide bonds. The van der Waals surface area contributed by atoms with Crippen molar-refractivity contribution in [1.82, 2.24) is 5.32 Å². The fourth-order valence-electron chi connectivity index (χ4n) is 2.38. The van der Waals surface area contributed by atoms with Gasteiger partial charge in [0.15, 0.2) is 0 Å². The summed E-state index contributed by atoms with van der Waals surface area (Å²) in [4.78, 5) is 0. The molecule has 0 saturated carbocycles. The van der Waals surface area contributed by atoms with Crippen molar-refractivity contribution in [1.29, 1.82) is 0 Å². The van der Waals surface area contributed by atoms with E-state index < -0.39 is 0 Å². The molecule has 0 aliphatic heterocycles. The average Bonchev–Trinajstić information content (AvgIpc) is 2.30.